The lowest BCUT2D eigenvalue weighted by Gasteiger charge is -2.28. The van der Waals surface area contributed by atoms with E-state index in [0.29, 0.717) is 19.8 Å². The Balaban J connectivity index is 1.74. The van der Waals surface area contributed by atoms with Crippen molar-refractivity contribution in [3.05, 3.63) is 28.7 Å². The van der Waals surface area contributed by atoms with E-state index in [-0.39, 0.29) is 6.03 Å². The third-order valence-corrected chi connectivity index (χ3v) is 3.80. The summed E-state index contributed by atoms with van der Waals surface area (Å²) in [6.45, 7) is 3.55. The first-order valence-electron chi connectivity index (χ1n) is 6.21. The number of amidine groups is 1. The highest BCUT2D eigenvalue weighted by Gasteiger charge is 2.28. The zero-order chi connectivity index (χ0) is 13.2. The zero-order valence-corrected chi connectivity index (χ0v) is 12.0. The first-order chi connectivity index (χ1) is 9.24. The SMILES string of the molecule is O=C1N=C(N2CCOCC2)CN1c1ccc(Br)cc1. The summed E-state index contributed by atoms with van der Waals surface area (Å²) in [7, 11) is 0. The molecule has 0 radical (unpaired) electrons. The van der Waals surface area contributed by atoms with Crippen LogP contribution in [0.4, 0.5) is 10.5 Å². The lowest BCUT2D eigenvalue weighted by molar-refractivity contribution is 0.0678. The molecule has 0 unspecified atom stereocenters. The summed E-state index contributed by atoms with van der Waals surface area (Å²) in [6.07, 6.45) is 0. The van der Waals surface area contributed by atoms with Gasteiger partial charge in [-0.25, -0.2) is 4.79 Å². The van der Waals surface area contributed by atoms with Crippen molar-refractivity contribution >= 4 is 33.5 Å². The Hall–Kier alpha value is -1.40. The van der Waals surface area contributed by atoms with Crippen molar-refractivity contribution in [2.45, 2.75) is 0 Å². The number of carbonyl (C=O) groups excluding carboxylic acids is 1. The number of morpholine rings is 1. The Morgan fingerprint density at radius 2 is 1.84 bits per heavy atom. The number of hydrogen-bond acceptors (Lipinski definition) is 3. The van der Waals surface area contributed by atoms with E-state index >= 15 is 0 Å². The minimum absolute atomic E-state index is 0.191. The predicted molar refractivity (Wildman–Crippen MR) is 76.7 cm³/mol. The molecule has 1 aromatic carbocycles. The van der Waals surface area contributed by atoms with Crippen LogP contribution in [0, 0.1) is 0 Å². The summed E-state index contributed by atoms with van der Waals surface area (Å²) in [5.41, 5.74) is 0.875. The average molecular weight is 324 g/mol. The fraction of sp³-hybridized carbons (Fsp3) is 0.385. The molecule has 2 aliphatic rings. The summed E-state index contributed by atoms with van der Waals surface area (Å²) in [6, 6.07) is 7.49. The number of hydrogen-bond donors (Lipinski definition) is 0. The molecule has 100 valence electrons. The van der Waals surface area contributed by atoms with Crippen LogP contribution in [0.1, 0.15) is 0 Å². The molecule has 2 amide bonds. The summed E-state index contributed by atoms with van der Waals surface area (Å²) < 4.78 is 6.31. The van der Waals surface area contributed by atoms with Gasteiger partial charge in [0.15, 0.2) is 0 Å². The molecule has 0 saturated carbocycles. The van der Waals surface area contributed by atoms with E-state index in [2.05, 4.69) is 25.8 Å². The van der Waals surface area contributed by atoms with Crippen molar-refractivity contribution in [1.29, 1.82) is 0 Å². The summed E-state index contributed by atoms with van der Waals surface area (Å²) in [4.78, 5) is 20.0. The van der Waals surface area contributed by atoms with Gasteiger partial charge in [0.2, 0.25) is 0 Å². The number of benzene rings is 1. The van der Waals surface area contributed by atoms with Crippen molar-refractivity contribution in [3.63, 3.8) is 0 Å². The summed E-state index contributed by atoms with van der Waals surface area (Å²) >= 11 is 3.39. The lowest BCUT2D eigenvalue weighted by atomic mass is 10.3. The number of aliphatic imine (C=N–C) groups is 1. The van der Waals surface area contributed by atoms with Gasteiger partial charge in [-0.15, -0.1) is 0 Å². The maximum absolute atomic E-state index is 12.0. The van der Waals surface area contributed by atoms with Crippen molar-refractivity contribution in [3.8, 4) is 0 Å². The molecule has 0 atom stereocenters. The van der Waals surface area contributed by atoms with Crippen LogP contribution in [0.3, 0.4) is 0 Å². The summed E-state index contributed by atoms with van der Waals surface area (Å²) in [5.74, 6) is 0.844. The van der Waals surface area contributed by atoms with E-state index in [4.69, 9.17) is 4.74 Å². The third kappa shape index (κ3) is 2.64. The fourth-order valence-corrected chi connectivity index (χ4v) is 2.49. The van der Waals surface area contributed by atoms with Gasteiger partial charge < -0.3 is 9.64 Å². The van der Waals surface area contributed by atoms with Crippen LogP contribution < -0.4 is 4.90 Å². The Kier molecular flexibility index (Phi) is 3.52. The van der Waals surface area contributed by atoms with Gasteiger partial charge in [0.25, 0.3) is 0 Å². The average Bonchev–Trinajstić information content (AvgIpc) is 2.83. The maximum Gasteiger partial charge on any atom is 0.350 e. The monoisotopic (exact) mass is 323 g/mol. The van der Waals surface area contributed by atoms with Crippen LogP contribution >= 0.6 is 15.9 Å². The molecular weight excluding hydrogens is 310 g/mol. The minimum atomic E-state index is -0.191. The number of nitrogens with zero attached hydrogens (tertiary/aromatic N) is 3. The van der Waals surface area contributed by atoms with Crippen molar-refractivity contribution < 1.29 is 9.53 Å². The Bertz CT molecular complexity index is 509. The number of urea groups is 1. The molecule has 3 rings (SSSR count). The molecule has 5 nitrogen and oxygen atoms in total. The van der Waals surface area contributed by atoms with Gasteiger partial charge >= 0.3 is 6.03 Å². The molecule has 1 aromatic rings. The molecule has 0 aromatic heterocycles. The summed E-state index contributed by atoms with van der Waals surface area (Å²) in [5, 5.41) is 0. The van der Waals surface area contributed by atoms with Crippen LogP contribution in [0.2, 0.25) is 0 Å². The largest absolute Gasteiger partial charge is 0.378 e. The molecule has 19 heavy (non-hydrogen) atoms. The smallest absolute Gasteiger partial charge is 0.350 e. The maximum atomic E-state index is 12.0. The van der Waals surface area contributed by atoms with E-state index in [1.54, 1.807) is 4.90 Å². The number of ether oxygens (including phenoxy) is 1. The van der Waals surface area contributed by atoms with Crippen LogP contribution in [-0.2, 0) is 4.74 Å². The van der Waals surface area contributed by atoms with E-state index in [9.17, 15) is 4.79 Å². The van der Waals surface area contributed by atoms with E-state index in [1.807, 2.05) is 24.3 Å². The van der Waals surface area contributed by atoms with Gasteiger partial charge in [0.1, 0.15) is 5.84 Å². The Morgan fingerprint density at radius 3 is 2.53 bits per heavy atom. The number of amides is 2. The second-order valence-corrected chi connectivity index (χ2v) is 5.39. The number of anilines is 1. The van der Waals surface area contributed by atoms with Crippen LogP contribution in [0.5, 0.6) is 0 Å². The lowest BCUT2D eigenvalue weighted by Crippen LogP contribution is -2.43. The molecule has 1 fully saturated rings. The highest BCUT2D eigenvalue weighted by atomic mass is 79.9. The highest BCUT2D eigenvalue weighted by Crippen LogP contribution is 2.22. The van der Waals surface area contributed by atoms with Gasteiger partial charge in [0, 0.05) is 23.2 Å². The van der Waals surface area contributed by atoms with Gasteiger partial charge in [-0.05, 0) is 24.3 Å². The van der Waals surface area contributed by atoms with Crippen LogP contribution in [0.15, 0.2) is 33.7 Å². The molecular formula is C13H14BrN3O2. The second-order valence-electron chi connectivity index (χ2n) is 4.47. The molecule has 0 bridgehead atoms. The van der Waals surface area contributed by atoms with Crippen molar-refractivity contribution in [2.24, 2.45) is 4.99 Å². The zero-order valence-electron chi connectivity index (χ0n) is 10.4. The molecule has 2 heterocycles. The van der Waals surface area contributed by atoms with Gasteiger partial charge in [-0.1, -0.05) is 15.9 Å². The topological polar surface area (TPSA) is 45.1 Å². The molecule has 6 heteroatoms. The van der Waals surface area contributed by atoms with Gasteiger partial charge in [-0.2, -0.15) is 4.99 Å². The Morgan fingerprint density at radius 1 is 1.16 bits per heavy atom. The molecule has 0 spiro atoms. The van der Waals surface area contributed by atoms with E-state index in [0.717, 1.165) is 29.1 Å². The second kappa shape index (κ2) is 5.30. The normalized spacial score (nSPS) is 19.8. The first-order valence-corrected chi connectivity index (χ1v) is 7.01. The van der Waals surface area contributed by atoms with Crippen molar-refractivity contribution in [1.82, 2.24) is 4.90 Å². The van der Waals surface area contributed by atoms with Gasteiger partial charge in [0.05, 0.1) is 19.8 Å². The van der Waals surface area contributed by atoms with E-state index < -0.39 is 0 Å². The third-order valence-electron chi connectivity index (χ3n) is 3.27. The van der Waals surface area contributed by atoms with Crippen LogP contribution in [0.25, 0.3) is 0 Å². The van der Waals surface area contributed by atoms with Crippen molar-refractivity contribution in [2.75, 3.05) is 37.7 Å². The fourth-order valence-electron chi connectivity index (χ4n) is 2.23. The van der Waals surface area contributed by atoms with Crippen LogP contribution in [-0.4, -0.2) is 49.6 Å². The number of rotatable bonds is 1. The first kappa shape index (κ1) is 12.6. The quantitative estimate of drug-likeness (QED) is 0.795. The predicted octanol–water partition coefficient (Wildman–Crippen LogP) is 2.12. The molecule has 1 saturated heterocycles. The molecule has 2 aliphatic heterocycles. The van der Waals surface area contributed by atoms with E-state index in [1.165, 1.54) is 0 Å². The minimum Gasteiger partial charge on any atom is -0.378 e. The standard InChI is InChI=1S/C13H14BrN3O2/c14-10-1-3-11(4-2-10)17-9-12(15-13(17)18)16-5-7-19-8-6-16/h1-4H,5-9H2. The number of halogens is 1. The number of carbonyl (C=O) groups is 1. The Labute approximate surface area is 120 Å². The molecule has 0 aliphatic carbocycles. The highest BCUT2D eigenvalue weighted by molar-refractivity contribution is 9.10. The van der Waals surface area contributed by atoms with Gasteiger partial charge in [-0.3, -0.25) is 4.90 Å². The molecule has 0 N–H and O–H groups in total.